The number of para-hydroxylation sites is 1. The summed E-state index contributed by atoms with van der Waals surface area (Å²) in [6.07, 6.45) is 3.91. The summed E-state index contributed by atoms with van der Waals surface area (Å²) in [7, 11) is 0. The number of guanidine groups is 1. The maximum absolute atomic E-state index is 12.9. The van der Waals surface area contributed by atoms with Gasteiger partial charge in [-0.3, -0.25) is 10.1 Å². The van der Waals surface area contributed by atoms with Gasteiger partial charge >= 0.3 is 0 Å². The number of aliphatic imine (C=N–C) groups is 1. The average molecular weight is 396 g/mol. The molecule has 0 aliphatic carbocycles. The summed E-state index contributed by atoms with van der Waals surface area (Å²) < 4.78 is 0. The van der Waals surface area contributed by atoms with Crippen LogP contribution >= 0.6 is 11.3 Å². The summed E-state index contributed by atoms with van der Waals surface area (Å²) in [5.41, 5.74) is 1.89. The van der Waals surface area contributed by atoms with E-state index in [0.717, 1.165) is 29.0 Å². The highest BCUT2D eigenvalue weighted by molar-refractivity contribution is 7.12. The number of amides is 1. The van der Waals surface area contributed by atoms with Crippen molar-refractivity contribution in [1.82, 2.24) is 15.1 Å². The lowest BCUT2D eigenvalue weighted by molar-refractivity contribution is 0.0539. The second-order valence-corrected chi connectivity index (χ2v) is 7.77. The van der Waals surface area contributed by atoms with Crippen LogP contribution in [-0.4, -0.2) is 47.3 Å². The highest BCUT2D eigenvalue weighted by Crippen LogP contribution is 2.22. The summed E-state index contributed by atoms with van der Waals surface area (Å²) >= 11 is 1.48. The molecule has 1 aliphatic heterocycles. The molecule has 2 heterocycles. The average Bonchev–Trinajstić information content (AvgIpc) is 3.24. The SMILES string of the molecule is CCCC1CN(C(=Nc2ccccc2C)NC#N)CCN1C(=O)c1cccs1. The minimum absolute atomic E-state index is 0.0934. The molecule has 1 unspecified atom stereocenters. The third-order valence-corrected chi connectivity index (χ3v) is 5.76. The van der Waals surface area contributed by atoms with Crippen LogP contribution in [0.15, 0.2) is 46.8 Å². The van der Waals surface area contributed by atoms with Crippen molar-refractivity contribution >= 4 is 28.9 Å². The van der Waals surface area contributed by atoms with Crippen molar-refractivity contribution in [2.24, 2.45) is 4.99 Å². The van der Waals surface area contributed by atoms with Gasteiger partial charge in [0.2, 0.25) is 5.96 Å². The van der Waals surface area contributed by atoms with Crippen molar-refractivity contribution < 1.29 is 4.79 Å². The third kappa shape index (κ3) is 4.52. The minimum Gasteiger partial charge on any atom is -0.338 e. The van der Waals surface area contributed by atoms with Gasteiger partial charge in [-0.15, -0.1) is 11.3 Å². The van der Waals surface area contributed by atoms with Gasteiger partial charge in [-0.2, -0.15) is 5.26 Å². The van der Waals surface area contributed by atoms with Crippen LogP contribution < -0.4 is 5.32 Å². The maximum Gasteiger partial charge on any atom is 0.264 e. The molecule has 1 saturated heterocycles. The first-order valence-corrected chi connectivity index (χ1v) is 10.4. The van der Waals surface area contributed by atoms with Gasteiger partial charge in [0.15, 0.2) is 6.19 Å². The molecule has 3 rings (SSSR count). The summed E-state index contributed by atoms with van der Waals surface area (Å²) in [4.78, 5) is 22.4. The van der Waals surface area contributed by atoms with Crippen LogP contribution in [0.3, 0.4) is 0 Å². The second kappa shape index (κ2) is 9.38. The Balaban J connectivity index is 1.82. The van der Waals surface area contributed by atoms with E-state index in [9.17, 15) is 10.1 Å². The van der Waals surface area contributed by atoms with E-state index in [1.807, 2.05) is 59.8 Å². The van der Waals surface area contributed by atoms with E-state index in [4.69, 9.17) is 4.99 Å². The molecule has 28 heavy (non-hydrogen) atoms. The molecule has 1 fully saturated rings. The molecule has 0 saturated carbocycles. The van der Waals surface area contributed by atoms with E-state index in [0.29, 0.717) is 25.6 Å². The second-order valence-electron chi connectivity index (χ2n) is 6.82. The van der Waals surface area contributed by atoms with Crippen molar-refractivity contribution in [3.05, 3.63) is 52.2 Å². The van der Waals surface area contributed by atoms with Crippen LogP contribution in [0.1, 0.15) is 35.0 Å². The van der Waals surface area contributed by atoms with E-state index in [-0.39, 0.29) is 11.9 Å². The Morgan fingerprint density at radius 3 is 2.82 bits per heavy atom. The van der Waals surface area contributed by atoms with E-state index in [1.54, 1.807) is 0 Å². The highest BCUT2D eigenvalue weighted by Gasteiger charge is 2.32. The van der Waals surface area contributed by atoms with Crippen molar-refractivity contribution in [3.63, 3.8) is 0 Å². The number of benzene rings is 1. The number of carbonyl (C=O) groups is 1. The molecule has 7 heteroatoms. The molecular weight excluding hydrogens is 370 g/mol. The Morgan fingerprint density at radius 1 is 1.32 bits per heavy atom. The standard InChI is InChI=1S/C21H25N5OS/c1-3-7-17-14-25(11-12-26(17)20(27)19-10-6-13-28-19)21(23-15-22)24-18-9-5-4-8-16(18)2/h4-6,8-10,13,17H,3,7,11-12,14H2,1-2H3,(H,23,24). The van der Waals surface area contributed by atoms with Gasteiger partial charge in [-0.25, -0.2) is 4.99 Å². The first-order valence-electron chi connectivity index (χ1n) is 9.53. The van der Waals surface area contributed by atoms with Gasteiger partial charge in [-0.1, -0.05) is 37.6 Å². The topological polar surface area (TPSA) is 71.7 Å². The number of hydrogen-bond acceptors (Lipinski definition) is 4. The Labute approximate surface area is 170 Å². The maximum atomic E-state index is 12.9. The van der Waals surface area contributed by atoms with Crippen LogP contribution in [0.4, 0.5) is 5.69 Å². The molecule has 1 amide bonds. The molecule has 0 spiro atoms. The van der Waals surface area contributed by atoms with E-state index >= 15 is 0 Å². The fraction of sp³-hybridized carbons (Fsp3) is 0.381. The van der Waals surface area contributed by atoms with Gasteiger partial charge in [0.1, 0.15) is 0 Å². The summed E-state index contributed by atoms with van der Waals surface area (Å²) in [5, 5.41) is 13.9. The predicted octanol–water partition coefficient (Wildman–Crippen LogP) is 3.74. The molecule has 0 bridgehead atoms. The fourth-order valence-corrected chi connectivity index (χ4v) is 4.15. The molecule has 0 radical (unpaired) electrons. The number of nitriles is 1. The summed E-state index contributed by atoms with van der Waals surface area (Å²) in [6, 6.07) is 11.7. The minimum atomic E-state index is 0.0934. The van der Waals surface area contributed by atoms with Gasteiger partial charge in [0.05, 0.1) is 10.6 Å². The number of hydrogen-bond donors (Lipinski definition) is 1. The molecule has 1 aromatic carbocycles. The molecule has 6 nitrogen and oxygen atoms in total. The van der Waals surface area contributed by atoms with Crippen LogP contribution in [0.25, 0.3) is 0 Å². The monoisotopic (exact) mass is 395 g/mol. The summed E-state index contributed by atoms with van der Waals surface area (Å²) in [6.45, 7) is 6.03. The smallest absolute Gasteiger partial charge is 0.264 e. The largest absolute Gasteiger partial charge is 0.338 e. The number of piperazine rings is 1. The molecule has 2 aromatic rings. The molecule has 1 N–H and O–H groups in total. The molecule has 146 valence electrons. The normalized spacial score (nSPS) is 17.3. The number of rotatable bonds is 4. The molecule has 1 atom stereocenters. The van der Waals surface area contributed by atoms with Gasteiger partial charge in [0.25, 0.3) is 5.91 Å². The highest BCUT2D eigenvalue weighted by atomic mass is 32.1. The first-order chi connectivity index (χ1) is 13.6. The van der Waals surface area contributed by atoms with Crippen molar-refractivity contribution in [1.29, 1.82) is 5.26 Å². The first kappa shape index (κ1) is 19.9. The van der Waals surface area contributed by atoms with Crippen molar-refractivity contribution in [2.75, 3.05) is 19.6 Å². The number of carbonyl (C=O) groups excluding carboxylic acids is 1. The zero-order valence-electron chi connectivity index (χ0n) is 16.3. The van der Waals surface area contributed by atoms with Gasteiger partial charge < -0.3 is 9.80 Å². The number of aryl methyl sites for hydroxylation is 1. The van der Waals surface area contributed by atoms with Crippen LogP contribution in [0.2, 0.25) is 0 Å². The lowest BCUT2D eigenvalue weighted by Gasteiger charge is -2.42. The van der Waals surface area contributed by atoms with Crippen LogP contribution in [-0.2, 0) is 0 Å². The molecule has 1 aromatic heterocycles. The zero-order chi connectivity index (χ0) is 19.9. The Bertz CT molecular complexity index is 871. The van der Waals surface area contributed by atoms with Gasteiger partial charge in [0, 0.05) is 25.7 Å². The zero-order valence-corrected chi connectivity index (χ0v) is 17.1. The number of nitrogens with zero attached hydrogens (tertiary/aromatic N) is 4. The Kier molecular flexibility index (Phi) is 6.66. The lowest BCUT2D eigenvalue weighted by Crippen LogP contribution is -2.58. The molecule has 1 aliphatic rings. The Hall–Kier alpha value is -2.85. The Morgan fingerprint density at radius 2 is 2.14 bits per heavy atom. The van der Waals surface area contributed by atoms with Crippen molar-refractivity contribution in [2.45, 2.75) is 32.7 Å². The quantitative estimate of drug-likeness (QED) is 0.370. The number of thiophene rings is 1. The van der Waals surface area contributed by atoms with E-state index in [2.05, 4.69) is 17.1 Å². The number of nitrogens with one attached hydrogen (secondary N) is 1. The lowest BCUT2D eigenvalue weighted by atomic mass is 10.1. The van der Waals surface area contributed by atoms with Crippen molar-refractivity contribution in [3.8, 4) is 6.19 Å². The van der Waals surface area contributed by atoms with Gasteiger partial charge in [-0.05, 0) is 36.4 Å². The van der Waals surface area contributed by atoms with E-state index < -0.39 is 0 Å². The fourth-order valence-electron chi connectivity index (χ4n) is 3.47. The predicted molar refractivity (Wildman–Crippen MR) is 113 cm³/mol. The van der Waals surface area contributed by atoms with E-state index in [1.165, 1.54) is 11.3 Å². The third-order valence-electron chi connectivity index (χ3n) is 4.91. The van der Waals surface area contributed by atoms with Crippen LogP contribution in [0, 0.1) is 18.4 Å². The van der Waals surface area contributed by atoms with Crippen LogP contribution in [0.5, 0.6) is 0 Å². The molecular formula is C21H25N5OS. The summed E-state index contributed by atoms with van der Waals surface area (Å²) in [5.74, 6) is 0.639.